The normalized spacial score (nSPS) is 15.0. The van der Waals surface area contributed by atoms with Crippen molar-refractivity contribution >= 4 is 9.84 Å². The third-order valence-electron chi connectivity index (χ3n) is 4.11. The van der Waals surface area contributed by atoms with Crippen LogP contribution in [0.15, 0.2) is 24.3 Å². The van der Waals surface area contributed by atoms with Crippen molar-refractivity contribution in [2.75, 3.05) is 12.8 Å². The average molecular weight is 311 g/mol. The van der Waals surface area contributed by atoms with E-state index in [-0.39, 0.29) is 11.5 Å². The van der Waals surface area contributed by atoms with E-state index in [0.717, 1.165) is 0 Å². The summed E-state index contributed by atoms with van der Waals surface area (Å²) in [4.78, 5) is 0. The fourth-order valence-corrected chi connectivity index (χ4v) is 2.27. The predicted octanol–water partition coefficient (Wildman–Crippen LogP) is 3.46. The maximum atomic E-state index is 11.7. The van der Waals surface area contributed by atoms with Crippen LogP contribution in [0.25, 0.3) is 0 Å². The van der Waals surface area contributed by atoms with Crippen LogP contribution in [0.1, 0.15) is 58.7 Å². The molecule has 0 aliphatic heterocycles. The number of hydrogen-bond donors (Lipinski definition) is 1. The van der Waals surface area contributed by atoms with Crippen LogP contribution in [-0.2, 0) is 15.3 Å². The van der Waals surface area contributed by atoms with Crippen LogP contribution in [-0.4, -0.2) is 26.0 Å². The summed E-state index contributed by atoms with van der Waals surface area (Å²) in [5, 5.41) is 3.32. The summed E-state index contributed by atoms with van der Waals surface area (Å²) in [7, 11) is -3.07. The molecule has 1 rings (SSSR count). The van der Waals surface area contributed by atoms with Gasteiger partial charge in [0.1, 0.15) is 0 Å². The second-order valence-corrected chi connectivity index (χ2v) is 10.2. The molecule has 0 saturated carbocycles. The third kappa shape index (κ3) is 4.82. The fourth-order valence-electron chi connectivity index (χ4n) is 1.92. The Hall–Kier alpha value is -0.870. The van der Waals surface area contributed by atoms with Gasteiger partial charge in [-0.25, -0.2) is 8.42 Å². The van der Waals surface area contributed by atoms with Crippen LogP contribution in [0.3, 0.4) is 0 Å². The average Bonchev–Trinajstić information content (AvgIpc) is 2.34. The van der Waals surface area contributed by atoms with Gasteiger partial charge < -0.3 is 5.32 Å². The highest BCUT2D eigenvalue weighted by atomic mass is 32.2. The molecule has 1 unspecified atom stereocenters. The van der Waals surface area contributed by atoms with Crippen LogP contribution in [0.4, 0.5) is 0 Å². The molecule has 0 heterocycles. The molecule has 0 bridgehead atoms. The molecular weight excluding hydrogens is 282 g/mol. The SMILES string of the molecule is CC(NCC(C)(C)S(C)(=O)=O)c1ccc(C(C)(C)C)cc1. The number of rotatable bonds is 5. The summed E-state index contributed by atoms with van der Waals surface area (Å²) in [5.41, 5.74) is 2.62. The third-order valence-corrected chi connectivity index (χ3v) is 6.27. The quantitative estimate of drug-likeness (QED) is 0.906. The summed E-state index contributed by atoms with van der Waals surface area (Å²) in [6.07, 6.45) is 1.29. The molecule has 21 heavy (non-hydrogen) atoms. The summed E-state index contributed by atoms with van der Waals surface area (Å²) < 4.78 is 22.7. The lowest BCUT2D eigenvalue weighted by Crippen LogP contribution is -2.42. The first-order valence-corrected chi connectivity index (χ1v) is 9.27. The largest absolute Gasteiger partial charge is 0.309 e. The van der Waals surface area contributed by atoms with Crippen molar-refractivity contribution < 1.29 is 8.42 Å². The topological polar surface area (TPSA) is 46.2 Å². The van der Waals surface area contributed by atoms with Crippen molar-refractivity contribution in [1.82, 2.24) is 5.32 Å². The Balaban J connectivity index is 2.75. The number of sulfone groups is 1. The standard InChI is InChI=1S/C17H29NO2S/c1-13(18-12-17(5,6)21(7,19)20)14-8-10-15(11-9-14)16(2,3)4/h8-11,13,18H,12H2,1-7H3. The van der Waals surface area contributed by atoms with E-state index in [0.29, 0.717) is 6.54 Å². The van der Waals surface area contributed by atoms with Gasteiger partial charge in [0.25, 0.3) is 0 Å². The van der Waals surface area contributed by atoms with Gasteiger partial charge in [0.2, 0.25) is 0 Å². The lowest BCUT2D eigenvalue weighted by Gasteiger charge is -2.26. The van der Waals surface area contributed by atoms with E-state index in [1.54, 1.807) is 13.8 Å². The predicted molar refractivity (Wildman–Crippen MR) is 90.5 cm³/mol. The van der Waals surface area contributed by atoms with E-state index < -0.39 is 14.6 Å². The molecule has 1 atom stereocenters. The van der Waals surface area contributed by atoms with Crippen LogP contribution in [0, 0.1) is 0 Å². The zero-order valence-electron chi connectivity index (χ0n) is 14.3. The van der Waals surface area contributed by atoms with Crippen molar-refractivity contribution in [3.05, 3.63) is 35.4 Å². The van der Waals surface area contributed by atoms with Crippen molar-refractivity contribution in [3.63, 3.8) is 0 Å². The van der Waals surface area contributed by atoms with Crippen LogP contribution >= 0.6 is 0 Å². The van der Waals surface area contributed by atoms with Gasteiger partial charge in [-0.3, -0.25) is 0 Å². The molecule has 1 aromatic rings. The van der Waals surface area contributed by atoms with Gasteiger partial charge in [-0.1, -0.05) is 45.0 Å². The summed E-state index contributed by atoms with van der Waals surface area (Å²) in [6, 6.07) is 8.65. The first-order valence-electron chi connectivity index (χ1n) is 7.38. The van der Waals surface area contributed by atoms with Gasteiger partial charge in [-0.15, -0.1) is 0 Å². The van der Waals surface area contributed by atoms with Gasteiger partial charge in [-0.05, 0) is 37.3 Å². The Labute approximate surface area is 130 Å². The fraction of sp³-hybridized carbons (Fsp3) is 0.647. The van der Waals surface area contributed by atoms with Crippen molar-refractivity contribution in [3.8, 4) is 0 Å². The molecular formula is C17H29NO2S. The first-order chi connectivity index (χ1) is 9.34. The molecule has 0 fully saturated rings. The van der Waals surface area contributed by atoms with Crippen LogP contribution in [0.2, 0.25) is 0 Å². The minimum absolute atomic E-state index is 0.125. The molecule has 120 valence electrons. The van der Waals surface area contributed by atoms with Gasteiger partial charge in [0.05, 0.1) is 4.75 Å². The summed E-state index contributed by atoms with van der Waals surface area (Å²) in [5.74, 6) is 0. The maximum Gasteiger partial charge on any atom is 0.153 e. The molecule has 1 N–H and O–H groups in total. The Bertz CT molecular complexity index is 566. The molecule has 0 aromatic heterocycles. The molecule has 0 spiro atoms. The van der Waals surface area contributed by atoms with Gasteiger partial charge in [-0.2, -0.15) is 0 Å². The summed E-state index contributed by atoms with van der Waals surface area (Å²) >= 11 is 0. The minimum Gasteiger partial charge on any atom is -0.309 e. The van der Waals surface area contributed by atoms with Gasteiger partial charge in [0, 0.05) is 18.8 Å². The monoisotopic (exact) mass is 311 g/mol. The van der Waals surface area contributed by atoms with Crippen LogP contribution < -0.4 is 5.32 Å². The van der Waals surface area contributed by atoms with Gasteiger partial charge in [0.15, 0.2) is 9.84 Å². The van der Waals surface area contributed by atoms with Crippen LogP contribution in [0.5, 0.6) is 0 Å². The van der Waals surface area contributed by atoms with Crippen molar-refractivity contribution in [2.24, 2.45) is 0 Å². The highest BCUT2D eigenvalue weighted by Gasteiger charge is 2.30. The Kier molecular flexibility index (Phi) is 5.27. The van der Waals surface area contributed by atoms with E-state index in [4.69, 9.17) is 0 Å². The zero-order valence-corrected chi connectivity index (χ0v) is 15.1. The van der Waals surface area contributed by atoms with Crippen molar-refractivity contribution in [1.29, 1.82) is 0 Å². The maximum absolute atomic E-state index is 11.7. The molecule has 0 aliphatic carbocycles. The molecule has 0 amide bonds. The molecule has 1 aromatic carbocycles. The molecule has 4 heteroatoms. The second kappa shape index (κ2) is 6.09. The highest BCUT2D eigenvalue weighted by Crippen LogP contribution is 2.24. The van der Waals surface area contributed by atoms with E-state index in [9.17, 15) is 8.42 Å². The Morgan fingerprint density at radius 1 is 1.05 bits per heavy atom. The van der Waals surface area contributed by atoms with E-state index in [1.165, 1.54) is 17.4 Å². The lowest BCUT2D eigenvalue weighted by atomic mass is 9.86. The molecule has 0 radical (unpaired) electrons. The molecule has 0 saturated heterocycles. The Morgan fingerprint density at radius 2 is 1.52 bits per heavy atom. The summed E-state index contributed by atoms with van der Waals surface area (Å²) in [6.45, 7) is 12.6. The van der Waals surface area contributed by atoms with E-state index in [2.05, 4.69) is 57.3 Å². The second-order valence-electron chi connectivity index (χ2n) is 7.51. The first kappa shape index (κ1) is 18.2. The molecule has 3 nitrogen and oxygen atoms in total. The highest BCUT2D eigenvalue weighted by molar-refractivity contribution is 7.92. The Morgan fingerprint density at radius 3 is 1.90 bits per heavy atom. The number of nitrogens with one attached hydrogen (secondary N) is 1. The zero-order chi connectivity index (χ0) is 16.5. The lowest BCUT2D eigenvalue weighted by molar-refractivity contribution is 0.488. The van der Waals surface area contributed by atoms with E-state index >= 15 is 0 Å². The number of hydrogen-bond acceptors (Lipinski definition) is 3. The smallest absolute Gasteiger partial charge is 0.153 e. The van der Waals surface area contributed by atoms with Gasteiger partial charge >= 0.3 is 0 Å². The number of benzene rings is 1. The van der Waals surface area contributed by atoms with E-state index in [1.807, 2.05) is 0 Å². The van der Waals surface area contributed by atoms with Crippen molar-refractivity contribution in [2.45, 2.75) is 57.7 Å². The minimum atomic E-state index is -3.07. The molecule has 0 aliphatic rings.